The molecule has 0 radical (unpaired) electrons. The van der Waals surface area contributed by atoms with E-state index in [4.69, 9.17) is 21.2 Å². The standard InChI is InChI=1S/C45H26N4OS/c1-3-12-27(13-4-1)43-46-44(28-14-5-2-6-15-28)48-45(47-43)29-22-23-31-33-18-11-20-37(42(33)50-39(31)24-29)49-36-19-9-7-16-30(36)34-25-35-32-17-8-10-21-40(32)51-41(35)26-38(34)49/h1-26H/i1D,3D,4D,12D,13D. The van der Waals surface area contributed by atoms with Crippen LogP contribution in [0.1, 0.15) is 6.85 Å². The molecule has 0 amide bonds. The summed E-state index contributed by atoms with van der Waals surface area (Å²) in [5, 5.41) is 6.72. The van der Waals surface area contributed by atoms with E-state index >= 15 is 0 Å². The minimum atomic E-state index is -0.481. The molecule has 0 aliphatic rings. The van der Waals surface area contributed by atoms with Gasteiger partial charge >= 0.3 is 0 Å². The summed E-state index contributed by atoms with van der Waals surface area (Å²) in [6.45, 7) is 0. The summed E-state index contributed by atoms with van der Waals surface area (Å²) in [6, 6.07) is 40.8. The maximum atomic E-state index is 8.65. The average Bonchev–Trinajstić information content (AvgIpc) is 3.90. The maximum absolute atomic E-state index is 8.65. The molecule has 238 valence electrons. The predicted octanol–water partition coefficient (Wildman–Crippen LogP) is 12.2. The Morgan fingerprint density at radius 1 is 0.490 bits per heavy atom. The number of furan rings is 1. The van der Waals surface area contributed by atoms with Gasteiger partial charge in [0.2, 0.25) is 0 Å². The SMILES string of the molecule is [2H]c1c([2H])c([2H])c(-c2nc(-c3ccccc3)nc(-c3ccc4c(c3)oc3c(-n5c6ccccc6c6cc7c(cc65)sc5ccccc57)cccc34)n2)c([2H])c1[2H]. The van der Waals surface area contributed by atoms with Gasteiger partial charge in [0.15, 0.2) is 23.1 Å². The van der Waals surface area contributed by atoms with Gasteiger partial charge in [-0.3, -0.25) is 0 Å². The van der Waals surface area contributed by atoms with Gasteiger partial charge in [0, 0.05) is 58.4 Å². The lowest BCUT2D eigenvalue weighted by Gasteiger charge is -2.08. The summed E-state index contributed by atoms with van der Waals surface area (Å²) in [7, 11) is 0. The van der Waals surface area contributed by atoms with E-state index in [2.05, 4.69) is 88.4 Å². The number of para-hydroxylation sites is 2. The van der Waals surface area contributed by atoms with Crippen molar-refractivity contribution in [1.82, 2.24) is 19.5 Å². The first-order valence-electron chi connectivity index (χ1n) is 19.0. The quantitative estimate of drug-likeness (QED) is 0.186. The molecule has 0 aliphatic heterocycles. The largest absolute Gasteiger partial charge is 0.454 e. The molecule has 6 heteroatoms. The molecular weight excluding hydrogens is 645 g/mol. The Labute approximate surface area is 302 Å². The van der Waals surface area contributed by atoms with E-state index in [0.717, 1.165) is 38.5 Å². The Kier molecular flexibility index (Phi) is 5.08. The van der Waals surface area contributed by atoms with Crippen molar-refractivity contribution in [2.45, 2.75) is 0 Å². The zero-order valence-electron chi connectivity index (χ0n) is 31.7. The second kappa shape index (κ2) is 10.9. The average molecular weight is 676 g/mol. The summed E-state index contributed by atoms with van der Waals surface area (Å²) < 4.78 is 53.6. The number of hydrogen-bond donors (Lipinski definition) is 0. The molecule has 0 atom stereocenters. The normalized spacial score (nSPS) is 13.3. The van der Waals surface area contributed by atoms with Gasteiger partial charge in [-0.2, -0.15) is 0 Å². The lowest BCUT2D eigenvalue weighted by Crippen LogP contribution is -2.00. The molecule has 5 nitrogen and oxygen atoms in total. The topological polar surface area (TPSA) is 56.7 Å². The van der Waals surface area contributed by atoms with Crippen molar-refractivity contribution in [3.8, 4) is 39.9 Å². The van der Waals surface area contributed by atoms with Crippen LogP contribution in [0.15, 0.2) is 162 Å². The number of benzene rings is 7. The minimum Gasteiger partial charge on any atom is -0.454 e. The summed E-state index contributed by atoms with van der Waals surface area (Å²) in [5.74, 6) is 0.568. The van der Waals surface area contributed by atoms with Crippen LogP contribution in [0, 0.1) is 0 Å². The fourth-order valence-electron chi connectivity index (χ4n) is 7.24. The molecule has 11 rings (SSSR count). The molecule has 0 saturated heterocycles. The van der Waals surface area contributed by atoms with E-state index in [-0.39, 0.29) is 29.3 Å². The van der Waals surface area contributed by atoms with Crippen LogP contribution in [0.3, 0.4) is 0 Å². The lowest BCUT2D eigenvalue weighted by molar-refractivity contribution is 0.666. The smallest absolute Gasteiger partial charge is 0.164 e. The first kappa shape index (κ1) is 23.7. The highest BCUT2D eigenvalue weighted by atomic mass is 32.1. The summed E-state index contributed by atoms with van der Waals surface area (Å²) in [6.07, 6.45) is 0. The van der Waals surface area contributed by atoms with Crippen LogP contribution in [0.4, 0.5) is 0 Å². The van der Waals surface area contributed by atoms with Gasteiger partial charge in [0.05, 0.1) is 23.6 Å². The van der Waals surface area contributed by atoms with Gasteiger partial charge in [0.25, 0.3) is 0 Å². The Balaban J connectivity index is 1.12. The molecule has 4 aromatic heterocycles. The second-order valence-corrected chi connectivity index (χ2v) is 13.5. The van der Waals surface area contributed by atoms with E-state index in [1.807, 2.05) is 48.5 Å². The first-order chi connectivity index (χ1) is 27.3. The first-order valence-corrected chi connectivity index (χ1v) is 17.3. The summed E-state index contributed by atoms with van der Waals surface area (Å²) in [4.78, 5) is 14.2. The fourth-order valence-corrected chi connectivity index (χ4v) is 8.36. The van der Waals surface area contributed by atoms with Crippen LogP contribution in [-0.4, -0.2) is 19.5 Å². The van der Waals surface area contributed by atoms with E-state index in [1.165, 1.54) is 25.6 Å². The third-order valence-corrected chi connectivity index (χ3v) is 10.7. The number of hydrogen-bond acceptors (Lipinski definition) is 5. The highest BCUT2D eigenvalue weighted by Crippen LogP contribution is 2.42. The van der Waals surface area contributed by atoms with Crippen molar-refractivity contribution in [3.05, 3.63) is 158 Å². The van der Waals surface area contributed by atoms with Crippen LogP contribution < -0.4 is 0 Å². The van der Waals surface area contributed by atoms with Crippen molar-refractivity contribution in [3.63, 3.8) is 0 Å². The van der Waals surface area contributed by atoms with Crippen LogP contribution in [0.2, 0.25) is 0 Å². The highest BCUT2D eigenvalue weighted by Gasteiger charge is 2.20. The zero-order valence-corrected chi connectivity index (χ0v) is 27.5. The molecule has 11 aromatic rings. The monoisotopic (exact) mass is 675 g/mol. The van der Waals surface area contributed by atoms with Crippen LogP contribution >= 0.6 is 11.3 Å². The van der Waals surface area contributed by atoms with Crippen molar-refractivity contribution in [2.24, 2.45) is 0 Å². The molecule has 0 bridgehead atoms. The maximum Gasteiger partial charge on any atom is 0.164 e. The van der Waals surface area contributed by atoms with Gasteiger partial charge in [-0.25, -0.2) is 15.0 Å². The van der Waals surface area contributed by atoms with Crippen molar-refractivity contribution in [1.29, 1.82) is 0 Å². The molecule has 51 heavy (non-hydrogen) atoms. The Bertz CT molecular complexity index is 3420. The molecule has 0 unspecified atom stereocenters. The van der Waals surface area contributed by atoms with Crippen molar-refractivity contribution < 1.29 is 11.3 Å². The van der Waals surface area contributed by atoms with Gasteiger partial charge in [-0.15, -0.1) is 11.3 Å². The van der Waals surface area contributed by atoms with E-state index < -0.39 is 18.1 Å². The summed E-state index contributed by atoms with van der Waals surface area (Å²) in [5.41, 5.74) is 5.68. The van der Waals surface area contributed by atoms with Gasteiger partial charge in [0.1, 0.15) is 5.58 Å². The van der Waals surface area contributed by atoms with Crippen molar-refractivity contribution >= 4 is 75.3 Å². The Morgan fingerprint density at radius 3 is 2.08 bits per heavy atom. The van der Waals surface area contributed by atoms with Crippen LogP contribution in [0.25, 0.3) is 104 Å². The fraction of sp³-hybridized carbons (Fsp3) is 0. The predicted molar refractivity (Wildman–Crippen MR) is 211 cm³/mol. The summed E-state index contributed by atoms with van der Waals surface area (Å²) >= 11 is 1.80. The van der Waals surface area contributed by atoms with Gasteiger partial charge < -0.3 is 8.98 Å². The molecule has 0 aliphatic carbocycles. The number of thiophene rings is 1. The third kappa shape index (κ3) is 4.37. The Hall–Kier alpha value is -6.63. The number of nitrogens with zero attached hydrogens (tertiary/aromatic N) is 4. The van der Waals surface area contributed by atoms with E-state index in [0.29, 0.717) is 22.5 Å². The zero-order chi connectivity index (χ0) is 37.8. The Morgan fingerprint density at radius 2 is 1.22 bits per heavy atom. The molecule has 0 fully saturated rings. The second-order valence-electron chi connectivity index (χ2n) is 12.5. The van der Waals surface area contributed by atoms with Gasteiger partial charge in [-0.05, 0) is 42.5 Å². The molecule has 0 saturated carbocycles. The van der Waals surface area contributed by atoms with Crippen LogP contribution in [0.5, 0.6) is 0 Å². The van der Waals surface area contributed by atoms with Gasteiger partial charge in [-0.1, -0.05) is 115 Å². The molecular formula is C45H26N4OS. The van der Waals surface area contributed by atoms with Crippen LogP contribution in [-0.2, 0) is 0 Å². The number of aromatic nitrogens is 4. The van der Waals surface area contributed by atoms with E-state index in [9.17, 15) is 0 Å². The van der Waals surface area contributed by atoms with Crippen molar-refractivity contribution in [2.75, 3.05) is 0 Å². The number of rotatable bonds is 4. The van der Waals surface area contributed by atoms with E-state index in [1.54, 1.807) is 11.3 Å². The highest BCUT2D eigenvalue weighted by molar-refractivity contribution is 7.25. The minimum absolute atomic E-state index is 0.0167. The lowest BCUT2D eigenvalue weighted by atomic mass is 10.1. The molecule has 7 aromatic carbocycles. The molecule has 4 heterocycles. The molecule has 0 spiro atoms. The number of fused-ring (bicyclic) bond motifs is 9. The third-order valence-electron chi connectivity index (χ3n) is 9.54. The molecule has 0 N–H and O–H groups in total.